The van der Waals surface area contributed by atoms with E-state index in [-0.39, 0.29) is 37.2 Å². The van der Waals surface area contributed by atoms with E-state index in [4.69, 9.17) is 11.5 Å². The van der Waals surface area contributed by atoms with Crippen LogP contribution in [0.15, 0.2) is 12.3 Å². The van der Waals surface area contributed by atoms with Gasteiger partial charge in [-0.05, 0) is 18.9 Å². The van der Waals surface area contributed by atoms with Gasteiger partial charge in [0.2, 0.25) is 0 Å². The average molecular weight is 288 g/mol. The van der Waals surface area contributed by atoms with Crippen LogP contribution in [0, 0.1) is 5.92 Å². The number of primary amides is 1. The molecule has 2 heterocycles. The molecule has 110 valence electrons. The smallest absolute Gasteiger partial charge is 0.391 e. The number of amides is 1. The van der Waals surface area contributed by atoms with E-state index in [1.54, 1.807) is 4.90 Å². The van der Waals surface area contributed by atoms with Gasteiger partial charge in [-0.25, -0.2) is 4.98 Å². The Morgan fingerprint density at radius 1 is 1.35 bits per heavy atom. The molecule has 8 heteroatoms. The lowest BCUT2D eigenvalue weighted by atomic mass is 9.96. The Balaban J connectivity index is 2.11. The average Bonchev–Trinajstić information content (AvgIpc) is 2.38. The van der Waals surface area contributed by atoms with Gasteiger partial charge in [0.15, 0.2) is 0 Å². The van der Waals surface area contributed by atoms with E-state index in [1.807, 2.05) is 0 Å². The van der Waals surface area contributed by atoms with E-state index < -0.39 is 18.0 Å². The Morgan fingerprint density at radius 2 is 1.95 bits per heavy atom. The zero-order valence-electron chi connectivity index (χ0n) is 10.7. The van der Waals surface area contributed by atoms with Crippen molar-refractivity contribution in [3.05, 3.63) is 17.8 Å². The molecule has 0 spiro atoms. The minimum absolute atomic E-state index is 0.0153. The van der Waals surface area contributed by atoms with Crippen molar-refractivity contribution in [2.24, 2.45) is 11.7 Å². The lowest BCUT2D eigenvalue weighted by molar-refractivity contribution is -0.179. The number of nitrogens with zero attached hydrogens (tertiary/aromatic N) is 2. The van der Waals surface area contributed by atoms with Crippen LogP contribution in [-0.2, 0) is 0 Å². The van der Waals surface area contributed by atoms with E-state index in [0.29, 0.717) is 5.82 Å². The van der Waals surface area contributed by atoms with Crippen LogP contribution in [-0.4, -0.2) is 30.2 Å². The van der Waals surface area contributed by atoms with Crippen LogP contribution in [0.3, 0.4) is 0 Å². The number of hydrogen-bond acceptors (Lipinski definition) is 4. The van der Waals surface area contributed by atoms with Crippen LogP contribution >= 0.6 is 0 Å². The number of nitrogen functional groups attached to an aromatic ring is 1. The first kappa shape index (κ1) is 14.4. The van der Waals surface area contributed by atoms with Crippen molar-refractivity contribution < 1.29 is 18.0 Å². The molecule has 0 radical (unpaired) electrons. The zero-order chi connectivity index (χ0) is 14.9. The highest BCUT2D eigenvalue weighted by Gasteiger charge is 2.41. The number of anilines is 2. The third-order valence-electron chi connectivity index (χ3n) is 3.47. The topological polar surface area (TPSA) is 85.2 Å². The monoisotopic (exact) mass is 288 g/mol. The highest BCUT2D eigenvalue weighted by Crippen LogP contribution is 2.35. The summed E-state index contributed by atoms with van der Waals surface area (Å²) < 4.78 is 37.7. The number of carbonyl (C=O) groups excluding carboxylic acids is 1. The molecule has 2 rings (SSSR count). The highest BCUT2D eigenvalue weighted by molar-refractivity contribution is 5.98. The van der Waals surface area contributed by atoms with Crippen LogP contribution < -0.4 is 16.4 Å². The number of aromatic nitrogens is 1. The van der Waals surface area contributed by atoms with Crippen LogP contribution in [0.4, 0.5) is 24.7 Å². The first-order chi connectivity index (χ1) is 9.29. The Morgan fingerprint density at radius 3 is 2.45 bits per heavy atom. The van der Waals surface area contributed by atoms with Gasteiger partial charge < -0.3 is 16.4 Å². The molecular formula is C12H15F3N4O. The highest BCUT2D eigenvalue weighted by atomic mass is 19.4. The second kappa shape index (κ2) is 5.18. The van der Waals surface area contributed by atoms with Crippen molar-refractivity contribution in [3.63, 3.8) is 0 Å². The number of hydrogen-bond donors (Lipinski definition) is 2. The molecular weight excluding hydrogens is 273 g/mol. The van der Waals surface area contributed by atoms with E-state index in [9.17, 15) is 18.0 Å². The van der Waals surface area contributed by atoms with Gasteiger partial charge in [-0.1, -0.05) is 0 Å². The fraction of sp³-hybridized carbons (Fsp3) is 0.500. The minimum Gasteiger partial charge on any atom is -0.397 e. The molecule has 1 aromatic rings. The van der Waals surface area contributed by atoms with Crippen LogP contribution in [0.5, 0.6) is 0 Å². The fourth-order valence-electron chi connectivity index (χ4n) is 2.28. The van der Waals surface area contributed by atoms with Crippen molar-refractivity contribution in [1.82, 2.24) is 4.98 Å². The summed E-state index contributed by atoms with van der Waals surface area (Å²) in [6.45, 7) is 0.471. The van der Waals surface area contributed by atoms with Crippen molar-refractivity contribution in [3.8, 4) is 0 Å². The Kier molecular flexibility index (Phi) is 3.74. The molecule has 4 N–H and O–H groups in total. The number of alkyl halides is 3. The van der Waals surface area contributed by atoms with Crippen LogP contribution in [0.2, 0.25) is 0 Å². The second-order valence-corrected chi connectivity index (χ2v) is 4.80. The maximum Gasteiger partial charge on any atom is 0.391 e. The summed E-state index contributed by atoms with van der Waals surface area (Å²) >= 11 is 0. The van der Waals surface area contributed by atoms with Gasteiger partial charge in [0, 0.05) is 13.1 Å². The number of piperidine rings is 1. The molecule has 0 saturated carbocycles. The summed E-state index contributed by atoms with van der Waals surface area (Å²) in [5, 5.41) is 0. The molecule has 1 aromatic heterocycles. The summed E-state index contributed by atoms with van der Waals surface area (Å²) in [5.41, 5.74) is 11.0. The van der Waals surface area contributed by atoms with Crippen molar-refractivity contribution in [1.29, 1.82) is 0 Å². The summed E-state index contributed by atoms with van der Waals surface area (Å²) in [4.78, 5) is 16.9. The second-order valence-electron chi connectivity index (χ2n) is 4.80. The SMILES string of the molecule is NC(=O)c1cc(N2CCC(C(F)(F)F)CC2)ncc1N. The van der Waals surface area contributed by atoms with E-state index in [0.717, 1.165) is 0 Å². The molecule has 0 unspecified atom stereocenters. The van der Waals surface area contributed by atoms with E-state index in [2.05, 4.69) is 4.98 Å². The van der Waals surface area contributed by atoms with Gasteiger partial charge in [-0.3, -0.25) is 4.79 Å². The Bertz CT molecular complexity index is 510. The Hall–Kier alpha value is -1.99. The quantitative estimate of drug-likeness (QED) is 0.864. The van der Waals surface area contributed by atoms with Gasteiger partial charge >= 0.3 is 6.18 Å². The van der Waals surface area contributed by atoms with E-state index in [1.165, 1.54) is 12.3 Å². The van der Waals surface area contributed by atoms with Gasteiger partial charge in [-0.15, -0.1) is 0 Å². The van der Waals surface area contributed by atoms with E-state index >= 15 is 0 Å². The standard InChI is InChI=1S/C12H15F3N4O/c13-12(14,15)7-1-3-19(4-2-7)10-5-8(11(17)20)9(16)6-18-10/h5-7H,1-4,16H2,(H2,17,20). The molecule has 5 nitrogen and oxygen atoms in total. The van der Waals surface area contributed by atoms with Crippen LogP contribution in [0.25, 0.3) is 0 Å². The third kappa shape index (κ3) is 2.94. The number of nitrogens with two attached hydrogens (primary N) is 2. The molecule has 1 saturated heterocycles. The molecule has 0 aliphatic carbocycles. The maximum atomic E-state index is 12.6. The number of pyridine rings is 1. The fourth-order valence-corrected chi connectivity index (χ4v) is 2.28. The molecule has 0 bridgehead atoms. The molecule has 0 aromatic carbocycles. The summed E-state index contributed by atoms with van der Waals surface area (Å²) in [6.07, 6.45) is -2.83. The number of carbonyl (C=O) groups is 1. The molecule has 1 aliphatic rings. The summed E-state index contributed by atoms with van der Waals surface area (Å²) in [6, 6.07) is 1.42. The van der Waals surface area contributed by atoms with Gasteiger partial charge in [-0.2, -0.15) is 13.2 Å². The van der Waals surface area contributed by atoms with Gasteiger partial charge in [0.25, 0.3) is 5.91 Å². The molecule has 20 heavy (non-hydrogen) atoms. The Labute approximate surface area is 113 Å². The van der Waals surface area contributed by atoms with Crippen molar-refractivity contribution >= 4 is 17.4 Å². The summed E-state index contributed by atoms with van der Waals surface area (Å²) in [7, 11) is 0. The first-order valence-electron chi connectivity index (χ1n) is 6.16. The largest absolute Gasteiger partial charge is 0.397 e. The molecule has 1 amide bonds. The van der Waals surface area contributed by atoms with Gasteiger partial charge in [0.05, 0.1) is 23.4 Å². The first-order valence-corrected chi connectivity index (χ1v) is 6.16. The minimum atomic E-state index is -4.15. The lowest BCUT2D eigenvalue weighted by Crippen LogP contribution is -2.39. The number of halogens is 3. The predicted molar refractivity (Wildman–Crippen MR) is 68.2 cm³/mol. The zero-order valence-corrected chi connectivity index (χ0v) is 10.7. The normalized spacial score (nSPS) is 17.2. The third-order valence-corrected chi connectivity index (χ3v) is 3.47. The predicted octanol–water partition coefficient (Wildman–Crippen LogP) is 1.54. The lowest BCUT2D eigenvalue weighted by Gasteiger charge is -2.33. The van der Waals surface area contributed by atoms with Crippen molar-refractivity contribution in [2.45, 2.75) is 19.0 Å². The van der Waals surface area contributed by atoms with Crippen molar-refractivity contribution in [2.75, 3.05) is 23.7 Å². The maximum absolute atomic E-state index is 12.6. The molecule has 1 fully saturated rings. The molecule has 1 aliphatic heterocycles. The van der Waals surface area contributed by atoms with Gasteiger partial charge in [0.1, 0.15) is 5.82 Å². The molecule has 0 atom stereocenters. The number of rotatable bonds is 2. The van der Waals surface area contributed by atoms with Crippen LogP contribution in [0.1, 0.15) is 23.2 Å². The summed E-state index contributed by atoms with van der Waals surface area (Å²) in [5.74, 6) is -1.53.